The van der Waals surface area contributed by atoms with Crippen molar-refractivity contribution in [2.24, 2.45) is 0 Å². The number of nitro groups is 1. The second-order valence-corrected chi connectivity index (χ2v) is 4.33. The molecule has 0 amide bonds. The number of hydrogen-bond acceptors (Lipinski definition) is 4. The summed E-state index contributed by atoms with van der Waals surface area (Å²) >= 11 is 3.05. The zero-order valence-electron chi connectivity index (χ0n) is 9.02. The third-order valence-corrected chi connectivity index (χ3v) is 2.86. The minimum atomic E-state index is -0.608. The molecule has 0 spiro atoms. The van der Waals surface area contributed by atoms with Crippen LogP contribution in [-0.2, 0) is 6.54 Å². The van der Waals surface area contributed by atoms with Gasteiger partial charge in [0, 0.05) is 5.69 Å². The van der Waals surface area contributed by atoms with Crippen LogP contribution in [0.1, 0.15) is 5.76 Å². The van der Waals surface area contributed by atoms with Crippen molar-refractivity contribution < 1.29 is 13.7 Å². The summed E-state index contributed by atoms with van der Waals surface area (Å²) in [5.41, 5.74) is 0.565. The van der Waals surface area contributed by atoms with Crippen molar-refractivity contribution in [3.63, 3.8) is 0 Å². The Morgan fingerprint density at radius 1 is 1.39 bits per heavy atom. The fourth-order valence-electron chi connectivity index (χ4n) is 1.35. The second kappa shape index (κ2) is 5.18. The molecule has 0 bridgehead atoms. The molecule has 0 atom stereocenters. The number of benzene rings is 1. The summed E-state index contributed by atoms with van der Waals surface area (Å²) in [6, 6.07) is 7.35. The Balaban J connectivity index is 2.02. The maximum Gasteiger partial charge on any atom is 0.433 e. The van der Waals surface area contributed by atoms with Crippen LogP contribution in [0.25, 0.3) is 0 Å². The van der Waals surface area contributed by atoms with Crippen LogP contribution in [0.5, 0.6) is 0 Å². The van der Waals surface area contributed by atoms with E-state index in [2.05, 4.69) is 21.2 Å². The van der Waals surface area contributed by atoms with Crippen LogP contribution in [0.15, 0.2) is 39.2 Å². The summed E-state index contributed by atoms with van der Waals surface area (Å²) in [5.74, 6) is -0.288. The van der Waals surface area contributed by atoms with E-state index in [0.717, 1.165) is 0 Å². The highest BCUT2D eigenvalue weighted by molar-refractivity contribution is 9.10. The first-order chi connectivity index (χ1) is 8.56. The third-order valence-electron chi connectivity index (χ3n) is 2.21. The largest absolute Gasteiger partial charge is 0.433 e. The average molecular weight is 315 g/mol. The molecule has 2 aromatic rings. The van der Waals surface area contributed by atoms with Gasteiger partial charge in [-0.3, -0.25) is 10.1 Å². The summed E-state index contributed by atoms with van der Waals surface area (Å²) in [7, 11) is 0. The molecule has 0 aliphatic heterocycles. The van der Waals surface area contributed by atoms with E-state index in [1.54, 1.807) is 12.1 Å². The smallest absolute Gasteiger partial charge is 0.404 e. The van der Waals surface area contributed by atoms with Crippen molar-refractivity contribution >= 4 is 27.5 Å². The van der Waals surface area contributed by atoms with Crippen molar-refractivity contribution in [1.82, 2.24) is 0 Å². The molecule has 18 heavy (non-hydrogen) atoms. The van der Waals surface area contributed by atoms with Crippen molar-refractivity contribution in [2.45, 2.75) is 6.54 Å². The van der Waals surface area contributed by atoms with Crippen LogP contribution < -0.4 is 5.32 Å². The van der Waals surface area contributed by atoms with Gasteiger partial charge in [0.15, 0.2) is 0 Å². The molecule has 94 valence electrons. The summed E-state index contributed by atoms with van der Waals surface area (Å²) in [6.45, 7) is 0.245. The molecule has 0 saturated carbocycles. The molecular weight excluding hydrogens is 307 g/mol. The number of rotatable bonds is 4. The lowest BCUT2D eigenvalue weighted by atomic mass is 10.3. The van der Waals surface area contributed by atoms with Gasteiger partial charge in [-0.25, -0.2) is 4.39 Å². The van der Waals surface area contributed by atoms with Crippen molar-refractivity contribution in [1.29, 1.82) is 0 Å². The molecular formula is C11H8BrFN2O3. The number of nitrogens with zero attached hydrogens (tertiary/aromatic N) is 1. The molecule has 0 radical (unpaired) electrons. The molecule has 1 aromatic carbocycles. The molecule has 0 unspecified atom stereocenters. The normalized spacial score (nSPS) is 10.3. The number of furan rings is 1. The summed E-state index contributed by atoms with van der Waals surface area (Å²) in [4.78, 5) is 9.80. The summed E-state index contributed by atoms with van der Waals surface area (Å²) < 4.78 is 18.5. The first-order valence-corrected chi connectivity index (χ1v) is 5.77. The van der Waals surface area contributed by atoms with E-state index in [1.165, 1.54) is 18.2 Å². The maximum atomic E-state index is 13.2. The van der Waals surface area contributed by atoms with E-state index in [-0.39, 0.29) is 18.2 Å². The number of nitrogens with one attached hydrogen (secondary N) is 1. The molecule has 2 rings (SSSR count). The molecule has 0 fully saturated rings. The monoisotopic (exact) mass is 314 g/mol. The van der Waals surface area contributed by atoms with E-state index < -0.39 is 4.92 Å². The lowest BCUT2D eigenvalue weighted by Crippen LogP contribution is -1.98. The average Bonchev–Trinajstić information content (AvgIpc) is 2.79. The zero-order valence-corrected chi connectivity index (χ0v) is 10.6. The van der Waals surface area contributed by atoms with Gasteiger partial charge < -0.3 is 9.73 Å². The Hall–Kier alpha value is -1.89. The molecule has 0 aliphatic carbocycles. The predicted molar refractivity (Wildman–Crippen MR) is 66.8 cm³/mol. The van der Waals surface area contributed by atoms with Gasteiger partial charge in [-0.1, -0.05) is 0 Å². The molecule has 5 nitrogen and oxygen atoms in total. The molecule has 7 heteroatoms. The van der Waals surface area contributed by atoms with Crippen molar-refractivity contribution in [2.75, 3.05) is 5.32 Å². The van der Waals surface area contributed by atoms with Gasteiger partial charge in [-0.05, 0) is 40.2 Å². The topological polar surface area (TPSA) is 68.3 Å². The number of anilines is 1. The molecule has 1 heterocycles. The first-order valence-electron chi connectivity index (χ1n) is 4.98. The quantitative estimate of drug-likeness (QED) is 0.690. The zero-order chi connectivity index (χ0) is 13.1. The Bertz CT molecular complexity index is 585. The maximum absolute atomic E-state index is 13.2. The third kappa shape index (κ3) is 2.86. The molecule has 0 saturated heterocycles. The molecule has 1 aromatic heterocycles. The van der Waals surface area contributed by atoms with E-state index in [0.29, 0.717) is 15.9 Å². The van der Waals surface area contributed by atoms with Crippen LogP contribution in [0.3, 0.4) is 0 Å². The van der Waals surface area contributed by atoms with Crippen LogP contribution >= 0.6 is 15.9 Å². The number of halogens is 2. The minimum Gasteiger partial charge on any atom is -0.404 e. The van der Waals surface area contributed by atoms with Gasteiger partial charge in [0.05, 0.1) is 17.1 Å². The van der Waals surface area contributed by atoms with E-state index >= 15 is 0 Å². The lowest BCUT2D eigenvalue weighted by Gasteiger charge is -2.04. The highest BCUT2D eigenvalue weighted by Crippen LogP contribution is 2.21. The van der Waals surface area contributed by atoms with Crippen molar-refractivity contribution in [3.05, 3.63) is 56.5 Å². The SMILES string of the molecule is O=[N+]([O-])c1ccc(CNc2ccc(Br)c(F)c2)o1. The fourth-order valence-corrected chi connectivity index (χ4v) is 1.60. The summed E-state index contributed by atoms with van der Waals surface area (Å²) in [5, 5.41) is 13.3. The molecule has 1 N–H and O–H groups in total. The molecule has 0 aliphatic rings. The lowest BCUT2D eigenvalue weighted by molar-refractivity contribution is -0.402. The highest BCUT2D eigenvalue weighted by Gasteiger charge is 2.11. The van der Waals surface area contributed by atoms with Gasteiger partial charge >= 0.3 is 5.88 Å². The first kappa shape index (κ1) is 12.6. The second-order valence-electron chi connectivity index (χ2n) is 3.48. The van der Waals surface area contributed by atoms with Gasteiger partial charge in [-0.2, -0.15) is 0 Å². The van der Waals surface area contributed by atoms with Crippen LogP contribution in [0, 0.1) is 15.9 Å². The van der Waals surface area contributed by atoms with Gasteiger partial charge in [0.2, 0.25) is 0 Å². The minimum absolute atomic E-state index is 0.245. The van der Waals surface area contributed by atoms with Crippen LogP contribution in [0.4, 0.5) is 16.0 Å². The number of hydrogen-bond donors (Lipinski definition) is 1. The predicted octanol–water partition coefficient (Wildman–Crippen LogP) is 3.70. The highest BCUT2D eigenvalue weighted by atomic mass is 79.9. The van der Waals surface area contributed by atoms with Gasteiger partial charge in [-0.15, -0.1) is 0 Å². The Kier molecular flexibility index (Phi) is 3.61. The van der Waals surface area contributed by atoms with E-state index in [4.69, 9.17) is 4.42 Å². The Morgan fingerprint density at radius 3 is 2.78 bits per heavy atom. The summed E-state index contributed by atoms with van der Waals surface area (Å²) in [6.07, 6.45) is 0. The standard InChI is InChI=1S/C11H8BrFN2O3/c12-9-3-1-7(5-10(9)13)14-6-8-2-4-11(18-8)15(16)17/h1-5,14H,6H2. The van der Waals surface area contributed by atoms with Crippen molar-refractivity contribution in [3.8, 4) is 0 Å². The van der Waals surface area contributed by atoms with E-state index in [1.807, 2.05) is 0 Å². The Labute approximate surface area is 110 Å². The van der Waals surface area contributed by atoms with E-state index in [9.17, 15) is 14.5 Å². The van der Waals surface area contributed by atoms with Crippen LogP contribution in [0.2, 0.25) is 0 Å². The van der Waals surface area contributed by atoms with Gasteiger partial charge in [0.25, 0.3) is 0 Å². The fraction of sp³-hybridized carbons (Fsp3) is 0.0909. The Morgan fingerprint density at radius 2 is 2.17 bits per heavy atom. The van der Waals surface area contributed by atoms with Gasteiger partial charge in [0.1, 0.15) is 16.5 Å². The van der Waals surface area contributed by atoms with Crippen LogP contribution in [-0.4, -0.2) is 4.92 Å².